The van der Waals surface area contributed by atoms with Crippen molar-refractivity contribution in [1.29, 1.82) is 0 Å². The van der Waals surface area contributed by atoms with Crippen LogP contribution in [0.2, 0.25) is 0 Å². The average molecular weight is 321 g/mol. The molecule has 0 aliphatic rings. The molecule has 1 aromatic carbocycles. The van der Waals surface area contributed by atoms with Gasteiger partial charge in [-0.25, -0.2) is 0 Å². The Labute approximate surface area is 138 Å². The van der Waals surface area contributed by atoms with Crippen molar-refractivity contribution in [3.05, 3.63) is 29.8 Å². The van der Waals surface area contributed by atoms with E-state index in [-0.39, 0.29) is 18.5 Å². The number of ether oxygens (including phenoxy) is 2. The third kappa shape index (κ3) is 8.86. The molecule has 1 aromatic rings. The van der Waals surface area contributed by atoms with E-state index in [0.717, 1.165) is 25.7 Å². The Bertz CT molecular complexity index is 488. The summed E-state index contributed by atoms with van der Waals surface area (Å²) in [5, 5.41) is 2.81. The van der Waals surface area contributed by atoms with E-state index in [1.807, 2.05) is 24.3 Å². The van der Waals surface area contributed by atoms with Gasteiger partial charge in [0, 0.05) is 13.0 Å². The van der Waals surface area contributed by atoms with Gasteiger partial charge < -0.3 is 14.8 Å². The topological polar surface area (TPSA) is 64.6 Å². The second-order valence-electron chi connectivity index (χ2n) is 5.26. The normalized spacial score (nSPS) is 10.2. The van der Waals surface area contributed by atoms with Gasteiger partial charge in [0.25, 0.3) is 5.91 Å². The highest BCUT2D eigenvalue weighted by Gasteiger charge is 2.04. The number of esters is 1. The summed E-state index contributed by atoms with van der Waals surface area (Å²) < 4.78 is 10.3. The monoisotopic (exact) mass is 321 g/mol. The summed E-state index contributed by atoms with van der Waals surface area (Å²) in [6.07, 6.45) is 3.90. The maximum Gasteiger partial charge on any atom is 0.305 e. The number of carbonyl (C=O) groups is 2. The Kier molecular flexibility index (Phi) is 9.52. The summed E-state index contributed by atoms with van der Waals surface area (Å²) in [7, 11) is 0. The highest BCUT2D eigenvalue weighted by Crippen LogP contribution is 2.13. The molecule has 0 heterocycles. The van der Waals surface area contributed by atoms with Crippen LogP contribution in [0.5, 0.6) is 5.75 Å². The molecule has 0 unspecified atom stereocenters. The first-order chi connectivity index (χ1) is 11.2. The van der Waals surface area contributed by atoms with Gasteiger partial charge in [-0.1, -0.05) is 25.5 Å². The van der Waals surface area contributed by atoms with Crippen molar-refractivity contribution < 1.29 is 19.1 Å². The number of carbonyl (C=O) groups excluding carboxylic acids is 2. The maximum absolute atomic E-state index is 11.7. The molecule has 0 bridgehead atoms. The minimum absolute atomic E-state index is 0.0238. The fourth-order valence-electron chi connectivity index (χ4n) is 2.09. The van der Waals surface area contributed by atoms with E-state index in [0.29, 0.717) is 25.3 Å². The predicted molar refractivity (Wildman–Crippen MR) is 89.4 cm³/mol. The molecule has 0 fully saturated rings. The van der Waals surface area contributed by atoms with Crippen molar-refractivity contribution >= 4 is 11.9 Å². The van der Waals surface area contributed by atoms with Gasteiger partial charge in [0.1, 0.15) is 5.75 Å². The first kappa shape index (κ1) is 19.0. The Morgan fingerprint density at radius 2 is 1.96 bits per heavy atom. The van der Waals surface area contributed by atoms with Crippen LogP contribution in [-0.4, -0.2) is 31.6 Å². The zero-order valence-electron chi connectivity index (χ0n) is 14.1. The molecule has 0 radical (unpaired) electrons. The molecule has 0 aliphatic carbocycles. The molecule has 1 N–H and O–H groups in total. The number of amides is 1. The summed E-state index contributed by atoms with van der Waals surface area (Å²) in [4.78, 5) is 22.8. The number of nitrogens with one attached hydrogen (secondary N) is 1. The Balaban J connectivity index is 2.07. The van der Waals surface area contributed by atoms with Crippen molar-refractivity contribution in [1.82, 2.24) is 5.32 Å². The highest BCUT2D eigenvalue weighted by molar-refractivity contribution is 5.77. The fraction of sp³-hybridized carbons (Fsp3) is 0.556. The summed E-state index contributed by atoms with van der Waals surface area (Å²) in [5.41, 5.74) is 1.18. The van der Waals surface area contributed by atoms with Crippen LogP contribution >= 0.6 is 0 Å². The highest BCUT2D eigenvalue weighted by atomic mass is 16.5. The molecule has 0 atom stereocenters. The number of hydrogen-bond acceptors (Lipinski definition) is 4. The van der Waals surface area contributed by atoms with E-state index in [9.17, 15) is 9.59 Å². The molecule has 0 aromatic heterocycles. The fourth-order valence-corrected chi connectivity index (χ4v) is 2.09. The van der Waals surface area contributed by atoms with Crippen LogP contribution < -0.4 is 10.1 Å². The summed E-state index contributed by atoms with van der Waals surface area (Å²) in [6.45, 7) is 4.92. The second kappa shape index (κ2) is 11.5. The van der Waals surface area contributed by atoms with Crippen molar-refractivity contribution in [2.75, 3.05) is 19.8 Å². The minimum Gasteiger partial charge on any atom is -0.484 e. The summed E-state index contributed by atoms with van der Waals surface area (Å²) >= 11 is 0. The molecular formula is C18H27NO4. The second-order valence-corrected chi connectivity index (χ2v) is 5.26. The number of hydrogen-bond donors (Lipinski definition) is 1. The lowest BCUT2D eigenvalue weighted by Gasteiger charge is -2.08. The standard InChI is InChI=1S/C18H27NO4/c1-3-15-9-8-10-16(13-15)23-14-17(20)19-12-7-5-6-11-18(21)22-4-2/h8-10,13H,3-7,11-12,14H2,1-2H3,(H,19,20). The van der Waals surface area contributed by atoms with E-state index in [1.165, 1.54) is 5.56 Å². The van der Waals surface area contributed by atoms with Gasteiger partial charge in [-0.3, -0.25) is 9.59 Å². The van der Waals surface area contributed by atoms with Crippen LogP contribution in [0, 0.1) is 0 Å². The van der Waals surface area contributed by atoms with Gasteiger partial charge in [-0.2, -0.15) is 0 Å². The van der Waals surface area contributed by atoms with Crippen LogP contribution in [0.25, 0.3) is 0 Å². The third-order valence-corrected chi connectivity index (χ3v) is 3.36. The van der Waals surface area contributed by atoms with Gasteiger partial charge in [0.15, 0.2) is 6.61 Å². The van der Waals surface area contributed by atoms with Crippen LogP contribution in [-0.2, 0) is 20.7 Å². The molecule has 1 rings (SSSR count). The van der Waals surface area contributed by atoms with Gasteiger partial charge in [0.05, 0.1) is 6.61 Å². The minimum atomic E-state index is -0.153. The summed E-state index contributed by atoms with van der Waals surface area (Å²) in [6, 6.07) is 7.75. The number of unbranched alkanes of at least 4 members (excludes halogenated alkanes) is 2. The Morgan fingerprint density at radius 3 is 2.70 bits per heavy atom. The van der Waals surface area contributed by atoms with Crippen molar-refractivity contribution in [2.24, 2.45) is 0 Å². The van der Waals surface area contributed by atoms with E-state index in [2.05, 4.69) is 12.2 Å². The molecule has 0 saturated carbocycles. The number of aryl methyl sites for hydroxylation is 1. The van der Waals surface area contributed by atoms with Crippen LogP contribution in [0.1, 0.15) is 45.1 Å². The van der Waals surface area contributed by atoms with E-state index >= 15 is 0 Å². The molecule has 5 nitrogen and oxygen atoms in total. The molecule has 0 saturated heterocycles. The molecule has 0 spiro atoms. The molecule has 128 valence electrons. The van der Waals surface area contributed by atoms with Gasteiger partial charge in [0.2, 0.25) is 0 Å². The lowest BCUT2D eigenvalue weighted by molar-refractivity contribution is -0.143. The van der Waals surface area contributed by atoms with E-state index in [1.54, 1.807) is 6.92 Å². The molecule has 5 heteroatoms. The first-order valence-corrected chi connectivity index (χ1v) is 8.29. The van der Waals surface area contributed by atoms with Crippen LogP contribution in [0.3, 0.4) is 0 Å². The van der Waals surface area contributed by atoms with Crippen molar-refractivity contribution in [3.63, 3.8) is 0 Å². The molecule has 1 amide bonds. The zero-order chi connectivity index (χ0) is 16.9. The van der Waals surface area contributed by atoms with Crippen LogP contribution in [0.15, 0.2) is 24.3 Å². The molecular weight excluding hydrogens is 294 g/mol. The lowest BCUT2D eigenvalue weighted by Crippen LogP contribution is -2.29. The van der Waals surface area contributed by atoms with Gasteiger partial charge in [-0.05, 0) is 43.9 Å². The van der Waals surface area contributed by atoms with Crippen LogP contribution in [0.4, 0.5) is 0 Å². The summed E-state index contributed by atoms with van der Waals surface area (Å²) in [5.74, 6) is 0.436. The average Bonchev–Trinajstić information content (AvgIpc) is 2.56. The van der Waals surface area contributed by atoms with E-state index in [4.69, 9.17) is 9.47 Å². The number of rotatable bonds is 11. The zero-order valence-corrected chi connectivity index (χ0v) is 14.1. The maximum atomic E-state index is 11.7. The number of benzene rings is 1. The SMILES string of the molecule is CCOC(=O)CCCCCNC(=O)COc1cccc(CC)c1. The Hall–Kier alpha value is -2.04. The van der Waals surface area contributed by atoms with E-state index < -0.39 is 0 Å². The molecule has 23 heavy (non-hydrogen) atoms. The third-order valence-electron chi connectivity index (χ3n) is 3.36. The quantitative estimate of drug-likeness (QED) is 0.503. The lowest BCUT2D eigenvalue weighted by atomic mass is 10.2. The molecule has 0 aliphatic heterocycles. The first-order valence-electron chi connectivity index (χ1n) is 8.29. The Morgan fingerprint density at radius 1 is 1.13 bits per heavy atom. The largest absolute Gasteiger partial charge is 0.484 e. The van der Waals surface area contributed by atoms with Gasteiger partial charge >= 0.3 is 5.97 Å². The smallest absolute Gasteiger partial charge is 0.305 e. The van der Waals surface area contributed by atoms with Gasteiger partial charge in [-0.15, -0.1) is 0 Å². The van der Waals surface area contributed by atoms with Crippen molar-refractivity contribution in [3.8, 4) is 5.75 Å². The predicted octanol–water partition coefficient (Wildman–Crippen LogP) is 2.87. The van der Waals surface area contributed by atoms with Crippen molar-refractivity contribution in [2.45, 2.75) is 46.0 Å².